The zero-order valence-electron chi connectivity index (χ0n) is 7.29. The first-order valence-electron chi connectivity index (χ1n) is 4.46. The molecular weight excluding hydrogens is 188 g/mol. The highest BCUT2D eigenvalue weighted by atomic mass is 35.5. The van der Waals surface area contributed by atoms with Gasteiger partial charge in [0, 0.05) is 18.0 Å². The van der Waals surface area contributed by atoms with Gasteiger partial charge in [-0.2, -0.15) is 0 Å². The molecule has 2 rings (SSSR count). The number of hydrogen-bond acceptors (Lipinski definition) is 2. The lowest BCUT2D eigenvalue weighted by Crippen LogP contribution is -2.24. The Balaban J connectivity index is 2.47. The number of hydrogen-bond donors (Lipinski definition) is 0. The zero-order valence-corrected chi connectivity index (χ0v) is 8.05. The molecule has 70 valence electrons. The van der Waals surface area contributed by atoms with Crippen LogP contribution in [-0.2, 0) is 19.4 Å². The molecule has 0 atom stereocenters. The minimum Gasteiger partial charge on any atom is -0.298 e. The summed E-state index contributed by atoms with van der Waals surface area (Å²) < 4.78 is 1.59. The smallest absolute Gasteiger partial charge is 0.256 e. The summed E-state index contributed by atoms with van der Waals surface area (Å²) in [6, 6.07) is 0. The van der Waals surface area contributed by atoms with E-state index >= 15 is 0 Å². The van der Waals surface area contributed by atoms with Crippen molar-refractivity contribution in [2.75, 3.05) is 5.88 Å². The van der Waals surface area contributed by atoms with Gasteiger partial charge in [-0.15, -0.1) is 11.6 Å². The van der Waals surface area contributed by atoms with Crippen LogP contribution in [0, 0.1) is 0 Å². The Bertz CT molecular complexity index is 372. The molecule has 0 saturated heterocycles. The molecular formula is C9H11ClN2O. The Morgan fingerprint density at radius 1 is 1.54 bits per heavy atom. The lowest BCUT2D eigenvalue weighted by molar-refractivity contribution is 0.698. The first kappa shape index (κ1) is 8.75. The van der Waals surface area contributed by atoms with Crippen LogP contribution in [0.4, 0.5) is 0 Å². The van der Waals surface area contributed by atoms with E-state index in [1.165, 1.54) is 0 Å². The van der Waals surface area contributed by atoms with Crippen LogP contribution in [0.15, 0.2) is 11.1 Å². The average Bonchev–Trinajstić information content (AvgIpc) is 2.58. The minimum absolute atomic E-state index is 0.100. The maximum atomic E-state index is 11.7. The van der Waals surface area contributed by atoms with Gasteiger partial charge in [-0.05, 0) is 19.3 Å². The molecule has 0 aromatic carbocycles. The maximum absolute atomic E-state index is 11.7. The van der Waals surface area contributed by atoms with Crippen LogP contribution in [0.5, 0.6) is 0 Å². The van der Waals surface area contributed by atoms with Gasteiger partial charge < -0.3 is 0 Å². The van der Waals surface area contributed by atoms with Crippen molar-refractivity contribution in [3.05, 3.63) is 27.9 Å². The van der Waals surface area contributed by atoms with Crippen LogP contribution < -0.4 is 5.56 Å². The molecule has 0 aliphatic heterocycles. The van der Waals surface area contributed by atoms with Gasteiger partial charge in [0.2, 0.25) is 0 Å². The number of halogens is 1. The molecule has 3 nitrogen and oxygen atoms in total. The topological polar surface area (TPSA) is 34.9 Å². The van der Waals surface area contributed by atoms with Crippen molar-refractivity contribution in [2.24, 2.45) is 0 Å². The summed E-state index contributed by atoms with van der Waals surface area (Å²) in [5.74, 6) is 0.459. The molecule has 0 bridgehead atoms. The second kappa shape index (κ2) is 3.50. The first-order valence-corrected chi connectivity index (χ1v) is 4.99. The van der Waals surface area contributed by atoms with E-state index in [0.29, 0.717) is 12.4 Å². The normalized spacial score (nSPS) is 14.5. The Labute approximate surface area is 81.4 Å². The van der Waals surface area contributed by atoms with E-state index < -0.39 is 0 Å². The Morgan fingerprint density at radius 2 is 2.38 bits per heavy atom. The Kier molecular flexibility index (Phi) is 2.36. The third kappa shape index (κ3) is 1.48. The van der Waals surface area contributed by atoms with Crippen molar-refractivity contribution < 1.29 is 0 Å². The molecule has 0 amide bonds. The molecule has 0 unspecified atom stereocenters. The molecule has 4 heteroatoms. The zero-order chi connectivity index (χ0) is 9.26. The third-order valence-corrected chi connectivity index (χ3v) is 2.56. The van der Waals surface area contributed by atoms with E-state index in [1.54, 1.807) is 10.9 Å². The van der Waals surface area contributed by atoms with E-state index in [-0.39, 0.29) is 5.56 Å². The minimum atomic E-state index is 0.100. The number of fused-ring (bicyclic) bond motifs is 1. The molecule has 0 N–H and O–H groups in total. The van der Waals surface area contributed by atoms with Crippen molar-refractivity contribution in [1.82, 2.24) is 9.55 Å². The van der Waals surface area contributed by atoms with Gasteiger partial charge in [0.1, 0.15) is 0 Å². The summed E-state index contributed by atoms with van der Waals surface area (Å²) in [4.78, 5) is 16.0. The molecule has 0 radical (unpaired) electrons. The predicted octanol–water partition coefficient (Wildman–Crippen LogP) is 0.971. The van der Waals surface area contributed by atoms with Gasteiger partial charge in [-0.1, -0.05) is 0 Å². The fourth-order valence-corrected chi connectivity index (χ4v) is 1.90. The van der Waals surface area contributed by atoms with E-state index in [0.717, 1.165) is 30.5 Å². The quantitative estimate of drug-likeness (QED) is 0.664. The lowest BCUT2D eigenvalue weighted by atomic mass is 10.2. The number of rotatable bonds is 2. The van der Waals surface area contributed by atoms with Crippen molar-refractivity contribution in [1.29, 1.82) is 0 Å². The summed E-state index contributed by atoms with van der Waals surface area (Å²) >= 11 is 5.57. The molecule has 0 spiro atoms. The molecule has 13 heavy (non-hydrogen) atoms. The number of nitrogens with zero attached hydrogens (tertiary/aromatic N) is 2. The van der Waals surface area contributed by atoms with Gasteiger partial charge in [0.05, 0.1) is 12.0 Å². The summed E-state index contributed by atoms with van der Waals surface area (Å²) in [6.07, 6.45) is 4.49. The largest absolute Gasteiger partial charge is 0.298 e. The fourth-order valence-electron chi connectivity index (χ4n) is 1.72. The number of aromatic nitrogens is 2. The summed E-state index contributed by atoms with van der Waals surface area (Å²) in [5.41, 5.74) is 1.98. The van der Waals surface area contributed by atoms with Crippen LogP contribution in [0.3, 0.4) is 0 Å². The monoisotopic (exact) mass is 198 g/mol. The van der Waals surface area contributed by atoms with Crippen molar-refractivity contribution in [3.63, 3.8) is 0 Å². The van der Waals surface area contributed by atoms with Crippen molar-refractivity contribution in [2.45, 2.75) is 25.8 Å². The second-order valence-corrected chi connectivity index (χ2v) is 3.59. The van der Waals surface area contributed by atoms with Gasteiger partial charge in [0.15, 0.2) is 0 Å². The highest BCUT2D eigenvalue weighted by Gasteiger charge is 2.16. The third-order valence-electron chi connectivity index (χ3n) is 2.39. The first-order chi connectivity index (χ1) is 6.33. The highest BCUT2D eigenvalue weighted by Crippen LogP contribution is 2.14. The van der Waals surface area contributed by atoms with Crippen LogP contribution >= 0.6 is 11.6 Å². The Hall–Kier alpha value is -0.830. The van der Waals surface area contributed by atoms with E-state index in [9.17, 15) is 4.79 Å². The van der Waals surface area contributed by atoms with Gasteiger partial charge in [-0.3, -0.25) is 9.36 Å². The molecule has 1 aliphatic rings. The van der Waals surface area contributed by atoms with Crippen LogP contribution in [0.2, 0.25) is 0 Å². The molecule has 1 heterocycles. The Morgan fingerprint density at radius 3 is 3.15 bits per heavy atom. The van der Waals surface area contributed by atoms with Crippen LogP contribution in [-0.4, -0.2) is 15.4 Å². The molecule has 1 aromatic rings. The lowest BCUT2D eigenvalue weighted by Gasteiger charge is -2.04. The van der Waals surface area contributed by atoms with Gasteiger partial charge in [-0.25, -0.2) is 4.98 Å². The summed E-state index contributed by atoms with van der Waals surface area (Å²) in [6.45, 7) is 0.556. The highest BCUT2D eigenvalue weighted by molar-refractivity contribution is 6.17. The molecule has 0 fully saturated rings. The van der Waals surface area contributed by atoms with Gasteiger partial charge >= 0.3 is 0 Å². The number of alkyl halides is 1. The van der Waals surface area contributed by atoms with Crippen molar-refractivity contribution in [3.8, 4) is 0 Å². The average molecular weight is 199 g/mol. The summed E-state index contributed by atoms with van der Waals surface area (Å²) in [5, 5.41) is 0. The maximum Gasteiger partial charge on any atom is 0.256 e. The predicted molar refractivity (Wildman–Crippen MR) is 51.2 cm³/mol. The van der Waals surface area contributed by atoms with E-state index in [1.807, 2.05) is 0 Å². The number of aryl methyl sites for hydroxylation is 2. The van der Waals surface area contributed by atoms with Crippen LogP contribution in [0.1, 0.15) is 17.7 Å². The molecule has 0 saturated carbocycles. The van der Waals surface area contributed by atoms with Crippen molar-refractivity contribution >= 4 is 11.6 Å². The molecule has 1 aromatic heterocycles. The standard InChI is InChI=1S/C9H11ClN2O/c10-4-5-12-6-11-8-3-1-2-7(8)9(12)13/h6H,1-5H2. The summed E-state index contributed by atoms with van der Waals surface area (Å²) in [7, 11) is 0. The van der Waals surface area contributed by atoms with E-state index in [4.69, 9.17) is 11.6 Å². The van der Waals surface area contributed by atoms with Crippen LogP contribution in [0.25, 0.3) is 0 Å². The fraction of sp³-hybridized carbons (Fsp3) is 0.556. The second-order valence-electron chi connectivity index (χ2n) is 3.21. The van der Waals surface area contributed by atoms with E-state index in [2.05, 4.69) is 4.98 Å². The SMILES string of the molecule is O=c1c2c(ncn1CCCl)CCC2. The van der Waals surface area contributed by atoms with Gasteiger partial charge in [0.25, 0.3) is 5.56 Å². The molecule has 1 aliphatic carbocycles.